The summed E-state index contributed by atoms with van der Waals surface area (Å²) in [5.41, 5.74) is 0.831. The molecular formula is C9H13NO2. The van der Waals surface area contributed by atoms with E-state index in [1.54, 1.807) is 0 Å². The van der Waals surface area contributed by atoms with E-state index in [0.717, 1.165) is 24.2 Å². The first kappa shape index (κ1) is 7.65. The molecule has 0 saturated heterocycles. The molecule has 2 rings (SSSR count). The van der Waals surface area contributed by atoms with Crippen molar-refractivity contribution in [1.82, 2.24) is 5.16 Å². The van der Waals surface area contributed by atoms with Crippen molar-refractivity contribution in [1.29, 1.82) is 0 Å². The second-order valence-electron chi connectivity index (χ2n) is 3.82. The summed E-state index contributed by atoms with van der Waals surface area (Å²) in [5, 5.41) is 2.40. The molecule has 3 nitrogen and oxygen atoms in total. The van der Waals surface area contributed by atoms with E-state index >= 15 is 0 Å². The summed E-state index contributed by atoms with van der Waals surface area (Å²) in [6.07, 6.45) is 1.99. The lowest BCUT2D eigenvalue weighted by Gasteiger charge is -2.21. The highest BCUT2D eigenvalue weighted by molar-refractivity contribution is 5.21. The smallest absolute Gasteiger partial charge is 0.283 e. The van der Waals surface area contributed by atoms with Gasteiger partial charge >= 0.3 is 0 Å². The molecule has 1 heterocycles. The van der Waals surface area contributed by atoms with Crippen LogP contribution in [0, 0.1) is 5.92 Å². The van der Waals surface area contributed by atoms with E-state index in [1.165, 1.54) is 0 Å². The standard InChI is InChI=1S/C9H13NO2/c1-5-3-6(2)8-7(4-5)12-10-9(8)11/h5-6H,3-4H2,1-2H3,(H,10,11). The molecule has 1 aliphatic rings. The zero-order valence-electron chi connectivity index (χ0n) is 7.39. The predicted molar refractivity (Wildman–Crippen MR) is 45.2 cm³/mol. The number of hydrogen-bond acceptors (Lipinski definition) is 2. The molecule has 3 heteroatoms. The summed E-state index contributed by atoms with van der Waals surface area (Å²) in [6, 6.07) is 0. The molecule has 0 aliphatic heterocycles. The van der Waals surface area contributed by atoms with Crippen molar-refractivity contribution in [3.8, 4) is 0 Å². The molecule has 0 bridgehead atoms. The number of H-pyrrole nitrogens is 1. The fraction of sp³-hybridized carbons (Fsp3) is 0.667. The van der Waals surface area contributed by atoms with Crippen molar-refractivity contribution < 1.29 is 4.52 Å². The van der Waals surface area contributed by atoms with Crippen LogP contribution in [-0.2, 0) is 6.42 Å². The van der Waals surface area contributed by atoms with Crippen LogP contribution in [0.15, 0.2) is 9.32 Å². The molecule has 12 heavy (non-hydrogen) atoms. The molecule has 0 fully saturated rings. The fourth-order valence-corrected chi connectivity index (χ4v) is 2.12. The number of aromatic nitrogens is 1. The average molecular weight is 167 g/mol. The third-order valence-electron chi connectivity index (χ3n) is 2.59. The van der Waals surface area contributed by atoms with Crippen LogP contribution in [0.3, 0.4) is 0 Å². The lowest BCUT2D eigenvalue weighted by Crippen LogP contribution is -2.18. The van der Waals surface area contributed by atoms with Crippen LogP contribution in [0.1, 0.15) is 37.5 Å². The van der Waals surface area contributed by atoms with Gasteiger partial charge in [-0.1, -0.05) is 13.8 Å². The Morgan fingerprint density at radius 1 is 1.50 bits per heavy atom. The maximum absolute atomic E-state index is 11.2. The van der Waals surface area contributed by atoms with Crippen molar-refractivity contribution in [3.05, 3.63) is 21.7 Å². The van der Waals surface area contributed by atoms with E-state index < -0.39 is 0 Å². The molecule has 0 radical (unpaired) electrons. The van der Waals surface area contributed by atoms with Crippen LogP contribution in [0.25, 0.3) is 0 Å². The van der Waals surface area contributed by atoms with Gasteiger partial charge in [-0.2, -0.15) is 5.16 Å². The summed E-state index contributed by atoms with van der Waals surface area (Å²) < 4.78 is 5.09. The molecule has 0 spiro atoms. The van der Waals surface area contributed by atoms with Crippen LogP contribution < -0.4 is 5.56 Å². The Hall–Kier alpha value is -0.990. The first-order valence-electron chi connectivity index (χ1n) is 4.38. The molecule has 2 atom stereocenters. The van der Waals surface area contributed by atoms with Crippen LogP contribution in [0.4, 0.5) is 0 Å². The van der Waals surface area contributed by atoms with Crippen LogP contribution in [0.5, 0.6) is 0 Å². The third kappa shape index (κ3) is 1.00. The fourth-order valence-electron chi connectivity index (χ4n) is 2.12. The molecule has 1 aliphatic carbocycles. The first-order chi connectivity index (χ1) is 5.68. The SMILES string of the molecule is CC1Cc2o[nH]c(=O)c2C(C)C1. The summed E-state index contributed by atoms with van der Waals surface area (Å²) in [6.45, 7) is 4.27. The molecule has 2 unspecified atom stereocenters. The Kier molecular flexibility index (Phi) is 1.60. The van der Waals surface area contributed by atoms with Gasteiger partial charge in [0.15, 0.2) is 0 Å². The lowest BCUT2D eigenvalue weighted by atomic mass is 9.82. The van der Waals surface area contributed by atoms with Crippen LogP contribution in [-0.4, -0.2) is 5.16 Å². The summed E-state index contributed by atoms with van der Waals surface area (Å²) in [4.78, 5) is 11.2. The van der Waals surface area contributed by atoms with Crippen molar-refractivity contribution >= 4 is 0 Å². The molecule has 0 aromatic carbocycles. The average Bonchev–Trinajstić information content (AvgIpc) is 2.31. The Morgan fingerprint density at radius 2 is 2.25 bits per heavy atom. The minimum Gasteiger partial charge on any atom is -0.383 e. The Labute approximate surface area is 70.7 Å². The van der Waals surface area contributed by atoms with Gasteiger partial charge in [-0.3, -0.25) is 4.79 Å². The van der Waals surface area contributed by atoms with Gasteiger partial charge in [-0.05, 0) is 18.3 Å². The van der Waals surface area contributed by atoms with Gasteiger partial charge in [0, 0.05) is 6.42 Å². The number of nitrogens with one attached hydrogen (secondary N) is 1. The second kappa shape index (κ2) is 2.51. The lowest BCUT2D eigenvalue weighted by molar-refractivity contribution is 0.333. The van der Waals surface area contributed by atoms with E-state index in [-0.39, 0.29) is 5.56 Å². The quantitative estimate of drug-likeness (QED) is 0.638. The van der Waals surface area contributed by atoms with Gasteiger partial charge in [0.2, 0.25) is 0 Å². The molecule has 1 N–H and O–H groups in total. The van der Waals surface area contributed by atoms with Crippen LogP contribution in [0.2, 0.25) is 0 Å². The van der Waals surface area contributed by atoms with Gasteiger partial charge in [0.1, 0.15) is 5.76 Å². The van der Waals surface area contributed by atoms with Gasteiger partial charge in [-0.25, -0.2) is 0 Å². The van der Waals surface area contributed by atoms with E-state index in [4.69, 9.17) is 4.52 Å². The van der Waals surface area contributed by atoms with E-state index in [9.17, 15) is 4.79 Å². The maximum atomic E-state index is 11.2. The largest absolute Gasteiger partial charge is 0.383 e. The monoisotopic (exact) mass is 167 g/mol. The minimum atomic E-state index is -0.0376. The molecule has 1 aromatic heterocycles. The number of fused-ring (bicyclic) bond motifs is 1. The predicted octanol–water partition coefficient (Wildman–Crippen LogP) is 1.65. The number of rotatable bonds is 0. The van der Waals surface area contributed by atoms with Crippen molar-refractivity contribution in [2.75, 3.05) is 0 Å². The second-order valence-corrected chi connectivity index (χ2v) is 3.82. The molecule has 66 valence electrons. The van der Waals surface area contributed by atoms with Crippen LogP contribution >= 0.6 is 0 Å². The van der Waals surface area contributed by atoms with E-state index in [2.05, 4.69) is 19.0 Å². The third-order valence-corrected chi connectivity index (χ3v) is 2.59. The molecule has 0 amide bonds. The highest BCUT2D eigenvalue weighted by Crippen LogP contribution is 2.31. The highest BCUT2D eigenvalue weighted by Gasteiger charge is 2.27. The molecular weight excluding hydrogens is 154 g/mol. The zero-order chi connectivity index (χ0) is 8.72. The van der Waals surface area contributed by atoms with E-state index in [1.807, 2.05) is 0 Å². The summed E-state index contributed by atoms with van der Waals surface area (Å²) >= 11 is 0. The van der Waals surface area contributed by atoms with Crippen molar-refractivity contribution in [2.45, 2.75) is 32.6 Å². The van der Waals surface area contributed by atoms with Gasteiger partial charge in [0.05, 0.1) is 5.56 Å². The minimum absolute atomic E-state index is 0.0376. The van der Waals surface area contributed by atoms with Gasteiger partial charge in [-0.15, -0.1) is 0 Å². The maximum Gasteiger partial charge on any atom is 0.283 e. The molecule has 1 aromatic rings. The topological polar surface area (TPSA) is 46.0 Å². The number of hydrogen-bond donors (Lipinski definition) is 1. The summed E-state index contributed by atoms with van der Waals surface area (Å²) in [7, 11) is 0. The Bertz CT molecular complexity index is 337. The van der Waals surface area contributed by atoms with Crippen molar-refractivity contribution in [3.63, 3.8) is 0 Å². The normalized spacial score (nSPS) is 28.5. The Balaban J connectivity index is 2.50. The molecule has 0 saturated carbocycles. The Morgan fingerprint density at radius 3 is 3.00 bits per heavy atom. The van der Waals surface area contributed by atoms with Crippen molar-refractivity contribution in [2.24, 2.45) is 5.92 Å². The first-order valence-corrected chi connectivity index (χ1v) is 4.38. The van der Waals surface area contributed by atoms with E-state index in [0.29, 0.717) is 11.8 Å². The summed E-state index contributed by atoms with van der Waals surface area (Å²) in [5.74, 6) is 1.85. The van der Waals surface area contributed by atoms with Gasteiger partial charge < -0.3 is 4.52 Å². The number of aromatic amines is 1. The zero-order valence-corrected chi connectivity index (χ0v) is 7.39. The highest BCUT2D eigenvalue weighted by atomic mass is 16.5. The van der Waals surface area contributed by atoms with Gasteiger partial charge in [0.25, 0.3) is 5.56 Å².